The summed E-state index contributed by atoms with van der Waals surface area (Å²) in [7, 11) is 0. The second-order valence-corrected chi connectivity index (χ2v) is 4.35. The van der Waals surface area contributed by atoms with Gasteiger partial charge in [0.05, 0.1) is 6.61 Å². The third-order valence-corrected chi connectivity index (χ3v) is 2.48. The first-order chi connectivity index (χ1) is 6.51. The first-order valence-corrected chi connectivity index (χ1v) is 5.36. The van der Waals surface area contributed by atoms with Crippen LogP contribution in [0.5, 0.6) is 0 Å². The van der Waals surface area contributed by atoms with E-state index in [9.17, 15) is 4.79 Å². The molecule has 0 saturated heterocycles. The number of H-pyrrole nitrogens is 1. The number of rotatable bonds is 3. The lowest BCUT2D eigenvalue weighted by molar-refractivity contribution is 0.212. The van der Waals surface area contributed by atoms with E-state index in [-0.39, 0.29) is 17.9 Å². The van der Waals surface area contributed by atoms with E-state index in [1.807, 2.05) is 0 Å². The highest BCUT2D eigenvalue weighted by atomic mass is 32.2. The quantitative estimate of drug-likeness (QED) is 0.702. The van der Waals surface area contributed by atoms with Gasteiger partial charge >= 0.3 is 0 Å². The molecule has 0 unspecified atom stereocenters. The number of aromatic amines is 1. The second kappa shape index (κ2) is 4.10. The molecular formula is C8H13N3O2S. The Hall–Kier alpha value is -0.880. The molecule has 0 amide bonds. The summed E-state index contributed by atoms with van der Waals surface area (Å²) < 4.78 is 0. The minimum atomic E-state index is -0.655. The van der Waals surface area contributed by atoms with Crippen LogP contribution in [0.4, 0.5) is 0 Å². The number of hydrogen-bond donors (Lipinski definition) is 2. The molecule has 0 saturated carbocycles. The van der Waals surface area contributed by atoms with Crippen LogP contribution in [0.2, 0.25) is 0 Å². The van der Waals surface area contributed by atoms with Gasteiger partial charge in [0.1, 0.15) is 5.69 Å². The van der Waals surface area contributed by atoms with E-state index < -0.39 is 5.41 Å². The van der Waals surface area contributed by atoms with Crippen LogP contribution in [0.3, 0.4) is 0 Å². The van der Waals surface area contributed by atoms with Crippen LogP contribution in [0, 0.1) is 0 Å². The standard InChI is InChI=1S/C8H13N3O2S/c1-8(2,4-12)5-6(13)9-7(14-3)11-10-5/h12H,4H2,1-3H3,(H,9,11,13). The van der Waals surface area contributed by atoms with Gasteiger partial charge in [-0.1, -0.05) is 25.6 Å². The summed E-state index contributed by atoms with van der Waals surface area (Å²) in [5, 5.41) is 17.2. The summed E-state index contributed by atoms with van der Waals surface area (Å²) in [4.78, 5) is 14.1. The highest BCUT2D eigenvalue weighted by Crippen LogP contribution is 2.16. The summed E-state index contributed by atoms with van der Waals surface area (Å²) in [5.74, 6) is 0. The fourth-order valence-corrected chi connectivity index (χ4v) is 1.25. The zero-order valence-electron chi connectivity index (χ0n) is 8.37. The molecule has 2 N–H and O–H groups in total. The van der Waals surface area contributed by atoms with Gasteiger partial charge in [0.2, 0.25) is 0 Å². The van der Waals surface area contributed by atoms with Crippen LogP contribution in [-0.2, 0) is 5.41 Å². The second-order valence-electron chi connectivity index (χ2n) is 3.55. The largest absolute Gasteiger partial charge is 0.395 e. The summed E-state index contributed by atoms with van der Waals surface area (Å²) in [5.41, 5.74) is -0.682. The van der Waals surface area contributed by atoms with E-state index in [4.69, 9.17) is 5.11 Å². The van der Waals surface area contributed by atoms with Gasteiger partial charge in [0, 0.05) is 5.41 Å². The van der Waals surface area contributed by atoms with Gasteiger partial charge in [-0.05, 0) is 6.26 Å². The van der Waals surface area contributed by atoms with Gasteiger partial charge in [-0.25, -0.2) is 0 Å². The van der Waals surface area contributed by atoms with Crippen molar-refractivity contribution < 1.29 is 5.11 Å². The number of aliphatic hydroxyl groups is 1. The normalized spacial score (nSPS) is 11.7. The van der Waals surface area contributed by atoms with Crippen molar-refractivity contribution in [3.8, 4) is 0 Å². The van der Waals surface area contributed by atoms with Crippen LogP contribution in [0.1, 0.15) is 19.5 Å². The van der Waals surface area contributed by atoms with E-state index in [0.29, 0.717) is 5.16 Å². The minimum absolute atomic E-state index is 0.136. The van der Waals surface area contributed by atoms with Crippen molar-refractivity contribution in [1.29, 1.82) is 0 Å². The SMILES string of the molecule is CSc1nnc(C(C)(C)CO)c(=O)[nH]1. The molecule has 1 aromatic rings. The predicted octanol–water partition coefficient (Wildman–Crippen LogP) is 0.157. The van der Waals surface area contributed by atoms with Crippen LogP contribution in [-0.4, -0.2) is 33.2 Å². The van der Waals surface area contributed by atoms with Crippen molar-refractivity contribution in [2.24, 2.45) is 0 Å². The third kappa shape index (κ3) is 2.13. The highest BCUT2D eigenvalue weighted by molar-refractivity contribution is 7.98. The van der Waals surface area contributed by atoms with Crippen molar-refractivity contribution in [3.63, 3.8) is 0 Å². The zero-order chi connectivity index (χ0) is 10.8. The molecule has 78 valence electrons. The zero-order valence-corrected chi connectivity index (χ0v) is 9.18. The lowest BCUT2D eigenvalue weighted by Crippen LogP contribution is -2.33. The highest BCUT2D eigenvalue weighted by Gasteiger charge is 2.25. The average Bonchev–Trinajstić information content (AvgIpc) is 2.17. The van der Waals surface area contributed by atoms with Crippen molar-refractivity contribution in [3.05, 3.63) is 16.0 Å². The first kappa shape index (κ1) is 11.2. The first-order valence-electron chi connectivity index (χ1n) is 4.13. The number of aliphatic hydroxyl groups excluding tert-OH is 1. The van der Waals surface area contributed by atoms with Crippen molar-refractivity contribution in [2.45, 2.75) is 24.4 Å². The summed E-state index contributed by atoms with van der Waals surface area (Å²) >= 11 is 1.32. The maximum absolute atomic E-state index is 11.5. The monoisotopic (exact) mass is 215 g/mol. The van der Waals surface area contributed by atoms with Crippen LogP contribution >= 0.6 is 11.8 Å². The average molecular weight is 215 g/mol. The Kier molecular flexibility index (Phi) is 3.28. The van der Waals surface area contributed by atoms with E-state index >= 15 is 0 Å². The maximum Gasteiger partial charge on any atom is 0.274 e. The Labute approximate surface area is 86.0 Å². The number of hydrogen-bond acceptors (Lipinski definition) is 5. The molecule has 1 rings (SSSR count). The third-order valence-electron chi connectivity index (χ3n) is 1.91. The smallest absolute Gasteiger partial charge is 0.274 e. The maximum atomic E-state index is 11.5. The molecule has 0 fully saturated rings. The lowest BCUT2D eigenvalue weighted by atomic mass is 9.91. The lowest BCUT2D eigenvalue weighted by Gasteiger charge is -2.18. The van der Waals surface area contributed by atoms with Crippen molar-refractivity contribution >= 4 is 11.8 Å². The number of nitrogens with zero attached hydrogens (tertiary/aromatic N) is 2. The fraction of sp³-hybridized carbons (Fsp3) is 0.625. The minimum Gasteiger partial charge on any atom is -0.395 e. The molecule has 0 aromatic carbocycles. The van der Waals surface area contributed by atoms with Crippen LogP contribution in [0.25, 0.3) is 0 Å². The van der Waals surface area contributed by atoms with Crippen LogP contribution < -0.4 is 5.56 Å². The Morgan fingerprint density at radius 3 is 2.57 bits per heavy atom. The summed E-state index contributed by atoms with van der Waals surface area (Å²) in [6.07, 6.45) is 1.80. The topological polar surface area (TPSA) is 78.9 Å². The number of thioether (sulfide) groups is 1. The molecule has 6 heteroatoms. The molecule has 0 aliphatic rings. The Balaban J connectivity index is 3.19. The van der Waals surface area contributed by atoms with Gasteiger partial charge < -0.3 is 5.11 Å². The molecule has 1 aromatic heterocycles. The van der Waals surface area contributed by atoms with Gasteiger partial charge in [-0.15, -0.1) is 10.2 Å². The molecule has 5 nitrogen and oxygen atoms in total. The molecule has 1 heterocycles. The molecule has 0 atom stereocenters. The van der Waals surface area contributed by atoms with Crippen molar-refractivity contribution in [2.75, 3.05) is 12.9 Å². The Bertz CT molecular complexity index is 375. The summed E-state index contributed by atoms with van der Waals surface area (Å²) in [6.45, 7) is 3.35. The van der Waals surface area contributed by atoms with Gasteiger partial charge in [0.25, 0.3) is 5.56 Å². The molecule has 0 spiro atoms. The van der Waals surface area contributed by atoms with Gasteiger partial charge in [0.15, 0.2) is 5.16 Å². The molecule has 14 heavy (non-hydrogen) atoms. The van der Waals surface area contributed by atoms with Crippen LogP contribution in [0.15, 0.2) is 9.95 Å². The molecule has 0 radical (unpaired) electrons. The van der Waals surface area contributed by atoms with Gasteiger partial charge in [-0.3, -0.25) is 9.78 Å². The van der Waals surface area contributed by atoms with E-state index in [1.165, 1.54) is 11.8 Å². The Morgan fingerprint density at radius 1 is 1.50 bits per heavy atom. The molecule has 0 bridgehead atoms. The molecular weight excluding hydrogens is 202 g/mol. The van der Waals surface area contributed by atoms with Gasteiger partial charge in [-0.2, -0.15) is 0 Å². The van der Waals surface area contributed by atoms with Crippen molar-refractivity contribution in [1.82, 2.24) is 15.2 Å². The Morgan fingerprint density at radius 2 is 2.14 bits per heavy atom. The summed E-state index contributed by atoms with van der Waals surface area (Å²) in [6, 6.07) is 0. The van der Waals surface area contributed by atoms with E-state index in [2.05, 4.69) is 15.2 Å². The van der Waals surface area contributed by atoms with E-state index in [0.717, 1.165) is 0 Å². The fourth-order valence-electron chi connectivity index (χ4n) is 0.932. The molecule has 0 aliphatic carbocycles. The number of nitrogens with one attached hydrogen (secondary N) is 1. The van der Waals surface area contributed by atoms with E-state index in [1.54, 1.807) is 20.1 Å². The predicted molar refractivity (Wildman–Crippen MR) is 54.5 cm³/mol. The molecule has 0 aliphatic heterocycles. The number of aromatic nitrogens is 3.